The molecule has 18 heavy (non-hydrogen) atoms. The van der Waals surface area contributed by atoms with E-state index < -0.39 is 11.4 Å². The van der Waals surface area contributed by atoms with Crippen molar-refractivity contribution in [1.82, 2.24) is 0 Å². The lowest BCUT2D eigenvalue weighted by Gasteiger charge is -2.16. The van der Waals surface area contributed by atoms with Crippen molar-refractivity contribution in [3.05, 3.63) is 39.5 Å². The zero-order chi connectivity index (χ0) is 12.8. The molecule has 0 bridgehead atoms. The van der Waals surface area contributed by atoms with Crippen molar-refractivity contribution in [1.29, 1.82) is 0 Å². The Morgan fingerprint density at radius 2 is 1.89 bits per heavy atom. The van der Waals surface area contributed by atoms with E-state index in [-0.39, 0.29) is 5.78 Å². The first-order valence-electron chi connectivity index (χ1n) is 5.87. The third-order valence-corrected chi connectivity index (χ3v) is 5.00. The molecule has 3 rings (SSSR count). The summed E-state index contributed by atoms with van der Waals surface area (Å²) in [5.41, 5.74) is -0.141. The normalized spacial score (nSPS) is 27.2. The Hall–Kier alpha value is -1.17. The van der Waals surface area contributed by atoms with Gasteiger partial charge in [-0.05, 0) is 35.4 Å². The van der Waals surface area contributed by atoms with Crippen LogP contribution in [-0.4, -0.2) is 11.8 Å². The molecule has 1 spiro atoms. The van der Waals surface area contributed by atoms with Gasteiger partial charge in [0.1, 0.15) is 5.76 Å². The summed E-state index contributed by atoms with van der Waals surface area (Å²) in [6.45, 7) is 0. The fraction of sp³-hybridized carbons (Fsp3) is 0.286. The maximum atomic E-state index is 12.1. The second-order valence-electron chi connectivity index (χ2n) is 4.58. The minimum Gasteiger partial charge on any atom is -0.424 e. The third-order valence-electron chi connectivity index (χ3n) is 3.58. The molecule has 1 aliphatic heterocycles. The van der Waals surface area contributed by atoms with Crippen LogP contribution in [0.3, 0.4) is 0 Å². The van der Waals surface area contributed by atoms with Gasteiger partial charge in [-0.1, -0.05) is 30.3 Å². The Morgan fingerprint density at radius 3 is 2.50 bits per heavy atom. The summed E-state index contributed by atoms with van der Waals surface area (Å²) in [6, 6.07) is 9.47. The van der Waals surface area contributed by atoms with Gasteiger partial charge in [0, 0.05) is 12.0 Å². The molecule has 2 aliphatic rings. The van der Waals surface area contributed by atoms with Crippen molar-refractivity contribution in [2.24, 2.45) is 5.41 Å². The lowest BCUT2D eigenvalue weighted by molar-refractivity contribution is -0.147. The first kappa shape index (κ1) is 11.9. The van der Waals surface area contributed by atoms with E-state index >= 15 is 0 Å². The molecular formula is C14H11IO3. The first-order valence-corrected chi connectivity index (χ1v) is 6.95. The zero-order valence-electron chi connectivity index (χ0n) is 9.61. The van der Waals surface area contributed by atoms with Crippen molar-refractivity contribution >= 4 is 40.1 Å². The number of carbonyl (C=O) groups excluding carboxylic acids is 2. The van der Waals surface area contributed by atoms with Crippen LogP contribution >= 0.6 is 22.6 Å². The van der Waals surface area contributed by atoms with Gasteiger partial charge in [-0.15, -0.1) is 0 Å². The number of ether oxygens (including phenoxy) is 1. The van der Waals surface area contributed by atoms with E-state index in [2.05, 4.69) is 22.6 Å². The second kappa shape index (κ2) is 4.19. The minimum atomic E-state index is -0.994. The quantitative estimate of drug-likeness (QED) is 0.442. The van der Waals surface area contributed by atoms with Gasteiger partial charge in [-0.2, -0.15) is 0 Å². The number of cyclic esters (lactones) is 1. The Bertz CT molecular complexity index is 562. The molecule has 1 atom stereocenters. The second-order valence-corrected chi connectivity index (χ2v) is 5.66. The largest absolute Gasteiger partial charge is 0.424 e. The summed E-state index contributed by atoms with van der Waals surface area (Å²) in [5, 5.41) is 0. The van der Waals surface area contributed by atoms with Gasteiger partial charge < -0.3 is 4.74 Å². The molecule has 0 N–H and O–H groups in total. The lowest BCUT2D eigenvalue weighted by Crippen LogP contribution is -2.32. The molecule has 0 aromatic heterocycles. The third kappa shape index (κ3) is 1.48. The van der Waals surface area contributed by atoms with Gasteiger partial charge in [-0.25, -0.2) is 0 Å². The average Bonchev–Trinajstić information content (AvgIpc) is 2.89. The van der Waals surface area contributed by atoms with Gasteiger partial charge in [0.25, 0.3) is 0 Å². The number of esters is 1. The molecule has 1 heterocycles. The molecule has 1 saturated carbocycles. The van der Waals surface area contributed by atoms with E-state index in [4.69, 9.17) is 4.74 Å². The highest BCUT2D eigenvalue weighted by Crippen LogP contribution is 2.53. The Balaban J connectivity index is 2.13. The van der Waals surface area contributed by atoms with Crippen molar-refractivity contribution in [3.63, 3.8) is 0 Å². The van der Waals surface area contributed by atoms with E-state index in [9.17, 15) is 9.59 Å². The molecule has 4 heteroatoms. The van der Waals surface area contributed by atoms with Crippen LogP contribution in [0.4, 0.5) is 0 Å². The summed E-state index contributed by atoms with van der Waals surface area (Å²) in [6.07, 6.45) is 1.82. The van der Waals surface area contributed by atoms with Crippen LogP contribution < -0.4 is 0 Å². The van der Waals surface area contributed by atoms with E-state index in [0.29, 0.717) is 18.6 Å². The summed E-state index contributed by atoms with van der Waals surface area (Å²) < 4.78 is 6.13. The summed E-state index contributed by atoms with van der Waals surface area (Å²) in [7, 11) is 0. The molecule has 1 aromatic rings. The monoisotopic (exact) mass is 354 g/mol. The van der Waals surface area contributed by atoms with Crippen LogP contribution in [0, 0.1) is 5.41 Å². The Kier molecular flexibility index (Phi) is 2.77. The maximum Gasteiger partial charge on any atom is 0.330 e. The molecule has 0 radical (unpaired) electrons. The predicted octanol–water partition coefficient (Wildman–Crippen LogP) is 3.09. The van der Waals surface area contributed by atoms with Crippen LogP contribution in [-0.2, 0) is 14.3 Å². The highest BCUT2D eigenvalue weighted by molar-refractivity contribution is 14.1. The molecule has 0 amide bonds. The van der Waals surface area contributed by atoms with Gasteiger partial charge in [-0.3, -0.25) is 9.59 Å². The van der Waals surface area contributed by atoms with Crippen LogP contribution in [0.15, 0.2) is 33.9 Å². The fourth-order valence-corrected chi connectivity index (χ4v) is 3.81. The number of hydrogen-bond acceptors (Lipinski definition) is 3. The Labute approximate surface area is 118 Å². The molecule has 92 valence electrons. The summed E-state index contributed by atoms with van der Waals surface area (Å²) in [4.78, 5) is 24.2. The van der Waals surface area contributed by atoms with E-state index in [0.717, 1.165) is 15.6 Å². The number of benzene rings is 1. The molecular weight excluding hydrogens is 343 g/mol. The van der Waals surface area contributed by atoms with Crippen LogP contribution in [0.1, 0.15) is 24.8 Å². The number of ketones is 1. The highest BCUT2D eigenvalue weighted by Gasteiger charge is 2.57. The van der Waals surface area contributed by atoms with Gasteiger partial charge in [0.15, 0.2) is 11.2 Å². The topological polar surface area (TPSA) is 43.4 Å². The highest BCUT2D eigenvalue weighted by atomic mass is 127. The van der Waals surface area contributed by atoms with Gasteiger partial charge in [0.2, 0.25) is 0 Å². The molecule has 3 nitrogen and oxygen atoms in total. The number of halogens is 1. The van der Waals surface area contributed by atoms with Crippen LogP contribution in [0.25, 0.3) is 5.76 Å². The van der Waals surface area contributed by atoms with Crippen molar-refractivity contribution in [2.75, 3.05) is 0 Å². The predicted molar refractivity (Wildman–Crippen MR) is 74.8 cm³/mol. The van der Waals surface area contributed by atoms with E-state index in [1.54, 1.807) is 0 Å². The van der Waals surface area contributed by atoms with Crippen LogP contribution in [0.2, 0.25) is 0 Å². The average molecular weight is 354 g/mol. The van der Waals surface area contributed by atoms with Crippen LogP contribution in [0.5, 0.6) is 0 Å². The van der Waals surface area contributed by atoms with Gasteiger partial charge in [0.05, 0.1) is 3.58 Å². The first-order chi connectivity index (χ1) is 8.66. The number of carbonyl (C=O) groups is 2. The van der Waals surface area contributed by atoms with E-state index in [1.165, 1.54) is 0 Å². The standard InChI is InChI=1S/C14H11IO3/c15-12-11(9-5-2-1-3-6-9)18-13(17)14(12)8-4-7-10(14)16/h1-3,5-6H,4,7-8H2. The smallest absolute Gasteiger partial charge is 0.330 e. The number of hydrogen-bond donors (Lipinski definition) is 0. The molecule has 0 saturated heterocycles. The molecule has 1 aromatic carbocycles. The SMILES string of the molecule is O=C1CCCC12C(=O)OC(c1ccccc1)=C2I. The molecule has 1 aliphatic carbocycles. The Morgan fingerprint density at radius 1 is 1.17 bits per heavy atom. The zero-order valence-corrected chi connectivity index (χ0v) is 11.8. The lowest BCUT2D eigenvalue weighted by atomic mass is 9.85. The van der Waals surface area contributed by atoms with Crippen molar-refractivity contribution in [3.8, 4) is 0 Å². The molecule has 1 fully saturated rings. The van der Waals surface area contributed by atoms with E-state index in [1.807, 2.05) is 30.3 Å². The van der Waals surface area contributed by atoms with Gasteiger partial charge >= 0.3 is 5.97 Å². The number of Topliss-reactive ketones (excluding diaryl/α,β-unsaturated/α-hetero) is 1. The van der Waals surface area contributed by atoms with Crippen molar-refractivity contribution < 1.29 is 14.3 Å². The number of rotatable bonds is 1. The molecule has 1 unspecified atom stereocenters. The van der Waals surface area contributed by atoms with Crippen molar-refractivity contribution in [2.45, 2.75) is 19.3 Å². The minimum absolute atomic E-state index is 0.00262. The maximum absolute atomic E-state index is 12.1. The summed E-state index contributed by atoms with van der Waals surface area (Å²) >= 11 is 2.10. The summed E-state index contributed by atoms with van der Waals surface area (Å²) in [5.74, 6) is 0.160. The fourth-order valence-electron chi connectivity index (χ4n) is 2.60.